The third-order valence-electron chi connectivity index (χ3n) is 2.16. The highest BCUT2D eigenvalue weighted by molar-refractivity contribution is 6.17. The van der Waals surface area contributed by atoms with Gasteiger partial charge in [-0.25, -0.2) is 0 Å². The van der Waals surface area contributed by atoms with Crippen molar-refractivity contribution in [3.63, 3.8) is 0 Å². The molecule has 0 heterocycles. The van der Waals surface area contributed by atoms with Gasteiger partial charge < -0.3 is 5.32 Å². The smallest absolute Gasteiger partial charge is 0.0235 e. The molecule has 1 rings (SSSR count). The van der Waals surface area contributed by atoms with E-state index < -0.39 is 0 Å². The highest BCUT2D eigenvalue weighted by Crippen LogP contribution is 2.03. The van der Waals surface area contributed by atoms with Gasteiger partial charge in [0.25, 0.3) is 0 Å². The van der Waals surface area contributed by atoms with Crippen molar-refractivity contribution in [1.29, 1.82) is 0 Å². The van der Waals surface area contributed by atoms with Gasteiger partial charge in [0.2, 0.25) is 0 Å². The molecular formula is C12H18ClN. The average molecular weight is 212 g/mol. The van der Waals surface area contributed by atoms with Crippen LogP contribution in [0.1, 0.15) is 17.5 Å². The van der Waals surface area contributed by atoms with Gasteiger partial charge in [-0.3, -0.25) is 0 Å². The Bertz CT molecular complexity index is 260. The number of benzene rings is 1. The molecule has 0 unspecified atom stereocenters. The van der Waals surface area contributed by atoms with Crippen LogP contribution in [0.4, 0.5) is 0 Å². The molecule has 0 atom stereocenters. The fourth-order valence-electron chi connectivity index (χ4n) is 1.42. The van der Waals surface area contributed by atoms with Crippen molar-refractivity contribution in [2.45, 2.75) is 19.8 Å². The monoisotopic (exact) mass is 211 g/mol. The summed E-state index contributed by atoms with van der Waals surface area (Å²) < 4.78 is 0. The molecule has 2 heteroatoms. The average Bonchev–Trinajstić information content (AvgIpc) is 2.18. The number of halogens is 1. The fraction of sp³-hybridized carbons (Fsp3) is 0.500. The molecule has 78 valence electrons. The topological polar surface area (TPSA) is 12.0 Å². The molecule has 0 fully saturated rings. The molecular weight excluding hydrogens is 194 g/mol. The lowest BCUT2D eigenvalue weighted by Gasteiger charge is -2.04. The molecule has 14 heavy (non-hydrogen) atoms. The lowest BCUT2D eigenvalue weighted by Crippen LogP contribution is -2.18. The quantitative estimate of drug-likeness (QED) is 0.564. The maximum Gasteiger partial charge on any atom is 0.0235 e. The summed E-state index contributed by atoms with van der Waals surface area (Å²) in [5.74, 6) is 0.747. The zero-order chi connectivity index (χ0) is 10.2. The van der Waals surface area contributed by atoms with Gasteiger partial charge in [0.15, 0.2) is 0 Å². The summed E-state index contributed by atoms with van der Waals surface area (Å²) in [7, 11) is 0. The number of nitrogens with one attached hydrogen (secondary N) is 1. The Morgan fingerprint density at radius 2 is 2.14 bits per heavy atom. The largest absolute Gasteiger partial charge is 0.316 e. The molecule has 0 aliphatic rings. The van der Waals surface area contributed by atoms with E-state index in [9.17, 15) is 0 Å². The van der Waals surface area contributed by atoms with Gasteiger partial charge in [0.05, 0.1) is 0 Å². The number of alkyl halides is 1. The minimum absolute atomic E-state index is 0.747. The summed E-state index contributed by atoms with van der Waals surface area (Å²) in [6.07, 6.45) is 2.15. The molecule has 0 spiro atoms. The van der Waals surface area contributed by atoms with Gasteiger partial charge in [0, 0.05) is 5.88 Å². The molecule has 1 aromatic rings. The Morgan fingerprint density at radius 3 is 2.86 bits per heavy atom. The van der Waals surface area contributed by atoms with Crippen LogP contribution in [0.25, 0.3) is 0 Å². The van der Waals surface area contributed by atoms with E-state index in [-0.39, 0.29) is 0 Å². The summed E-state index contributed by atoms with van der Waals surface area (Å²) >= 11 is 5.58. The summed E-state index contributed by atoms with van der Waals surface area (Å²) in [4.78, 5) is 0. The first-order valence-corrected chi connectivity index (χ1v) is 5.68. The highest BCUT2D eigenvalue weighted by Gasteiger charge is 1.92. The molecule has 0 aliphatic carbocycles. The van der Waals surface area contributed by atoms with E-state index in [2.05, 4.69) is 36.5 Å². The Hall–Kier alpha value is -0.530. The molecule has 1 nitrogen and oxygen atoms in total. The molecule has 0 bridgehead atoms. The van der Waals surface area contributed by atoms with Crippen LogP contribution in [-0.2, 0) is 6.42 Å². The lowest BCUT2D eigenvalue weighted by molar-refractivity contribution is 0.673. The van der Waals surface area contributed by atoms with E-state index in [0.717, 1.165) is 31.8 Å². The first-order chi connectivity index (χ1) is 6.83. The third kappa shape index (κ3) is 4.64. The van der Waals surface area contributed by atoms with Crippen molar-refractivity contribution in [2.24, 2.45) is 0 Å². The van der Waals surface area contributed by atoms with E-state index in [0.29, 0.717) is 0 Å². The second-order valence-electron chi connectivity index (χ2n) is 3.53. The Labute approximate surface area is 91.5 Å². The van der Waals surface area contributed by atoms with Crippen molar-refractivity contribution in [1.82, 2.24) is 5.32 Å². The predicted molar refractivity (Wildman–Crippen MR) is 63.1 cm³/mol. The van der Waals surface area contributed by atoms with Gasteiger partial charge in [-0.2, -0.15) is 0 Å². The van der Waals surface area contributed by atoms with Gasteiger partial charge >= 0.3 is 0 Å². The number of rotatable bonds is 6. The van der Waals surface area contributed by atoms with Crippen molar-refractivity contribution in [3.8, 4) is 0 Å². The zero-order valence-corrected chi connectivity index (χ0v) is 9.48. The first-order valence-electron chi connectivity index (χ1n) is 5.15. The van der Waals surface area contributed by atoms with Gasteiger partial charge in [-0.1, -0.05) is 29.8 Å². The van der Waals surface area contributed by atoms with Crippen molar-refractivity contribution in [2.75, 3.05) is 19.0 Å². The van der Waals surface area contributed by atoms with Crippen LogP contribution in [0.15, 0.2) is 24.3 Å². The SMILES string of the molecule is Cc1cccc(CCNCCCCl)c1. The minimum Gasteiger partial charge on any atom is -0.316 e. The molecule has 0 amide bonds. The molecule has 0 aliphatic heterocycles. The molecule has 0 radical (unpaired) electrons. The molecule has 1 N–H and O–H groups in total. The molecule has 1 aromatic carbocycles. The van der Waals surface area contributed by atoms with Crippen LogP contribution in [0.2, 0.25) is 0 Å². The van der Waals surface area contributed by atoms with Crippen LogP contribution < -0.4 is 5.32 Å². The Morgan fingerprint density at radius 1 is 1.29 bits per heavy atom. The molecule has 0 saturated carbocycles. The predicted octanol–water partition coefficient (Wildman–Crippen LogP) is 2.76. The van der Waals surface area contributed by atoms with Crippen molar-refractivity contribution >= 4 is 11.6 Å². The minimum atomic E-state index is 0.747. The fourth-order valence-corrected chi connectivity index (χ4v) is 1.55. The first kappa shape index (κ1) is 11.5. The molecule has 0 saturated heterocycles. The number of hydrogen-bond donors (Lipinski definition) is 1. The van der Waals surface area contributed by atoms with Gasteiger partial charge in [0.1, 0.15) is 0 Å². The Balaban J connectivity index is 2.18. The summed E-state index contributed by atoms with van der Waals surface area (Å²) in [6, 6.07) is 8.66. The zero-order valence-electron chi connectivity index (χ0n) is 8.72. The summed E-state index contributed by atoms with van der Waals surface area (Å²) in [5.41, 5.74) is 2.74. The maximum absolute atomic E-state index is 5.58. The maximum atomic E-state index is 5.58. The van der Waals surface area contributed by atoms with Crippen molar-refractivity contribution < 1.29 is 0 Å². The highest BCUT2D eigenvalue weighted by atomic mass is 35.5. The van der Waals surface area contributed by atoms with Gasteiger partial charge in [-0.05, 0) is 38.4 Å². The second kappa shape index (κ2) is 6.86. The number of aryl methyl sites for hydroxylation is 1. The Kier molecular flexibility index (Phi) is 5.65. The van der Waals surface area contributed by atoms with E-state index in [4.69, 9.17) is 11.6 Å². The molecule has 0 aromatic heterocycles. The normalized spacial score (nSPS) is 10.4. The lowest BCUT2D eigenvalue weighted by atomic mass is 10.1. The second-order valence-corrected chi connectivity index (χ2v) is 3.91. The summed E-state index contributed by atoms with van der Waals surface area (Å²) in [6.45, 7) is 4.19. The van der Waals surface area contributed by atoms with Crippen LogP contribution in [0.3, 0.4) is 0 Å². The third-order valence-corrected chi connectivity index (χ3v) is 2.43. The van der Waals surface area contributed by atoms with Gasteiger partial charge in [-0.15, -0.1) is 11.6 Å². The summed E-state index contributed by atoms with van der Waals surface area (Å²) in [5, 5.41) is 3.37. The van der Waals surface area contributed by atoms with E-state index in [1.54, 1.807) is 0 Å². The van der Waals surface area contributed by atoms with Crippen LogP contribution >= 0.6 is 11.6 Å². The van der Waals surface area contributed by atoms with Crippen LogP contribution in [0.5, 0.6) is 0 Å². The van der Waals surface area contributed by atoms with Crippen LogP contribution in [0, 0.1) is 6.92 Å². The van der Waals surface area contributed by atoms with E-state index in [1.165, 1.54) is 11.1 Å². The standard InChI is InChI=1S/C12H18ClN/c1-11-4-2-5-12(10-11)6-9-14-8-3-7-13/h2,4-5,10,14H,3,6-9H2,1H3. The van der Waals surface area contributed by atoms with Crippen LogP contribution in [-0.4, -0.2) is 19.0 Å². The van der Waals surface area contributed by atoms with E-state index in [1.807, 2.05) is 0 Å². The van der Waals surface area contributed by atoms with Crippen molar-refractivity contribution in [3.05, 3.63) is 35.4 Å². The van der Waals surface area contributed by atoms with E-state index >= 15 is 0 Å². The number of hydrogen-bond acceptors (Lipinski definition) is 1.